The average molecular weight is 201 g/mol. The minimum absolute atomic E-state index is 0.0768. The summed E-state index contributed by atoms with van der Waals surface area (Å²) in [6, 6.07) is 0.0844. The predicted molar refractivity (Wildman–Crippen MR) is 58.1 cm³/mol. The molecule has 2 unspecified atom stereocenters. The highest BCUT2D eigenvalue weighted by Gasteiger charge is 2.14. The van der Waals surface area contributed by atoms with Gasteiger partial charge in [-0.25, -0.2) is 0 Å². The average Bonchev–Trinajstić information content (AvgIpc) is 2.13. The first-order valence-electron chi connectivity index (χ1n) is 5.38. The third-order valence-corrected chi connectivity index (χ3v) is 2.11. The van der Waals surface area contributed by atoms with Crippen LogP contribution in [0.2, 0.25) is 0 Å². The molecule has 0 aliphatic carbocycles. The van der Waals surface area contributed by atoms with Crippen molar-refractivity contribution < 1.29 is 9.53 Å². The number of hydrogen-bond donors (Lipinski definition) is 1. The molecule has 0 bridgehead atoms. The molecule has 3 nitrogen and oxygen atoms in total. The molecule has 0 aromatic heterocycles. The van der Waals surface area contributed by atoms with Gasteiger partial charge in [0.2, 0.25) is 5.91 Å². The number of rotatable bonds is 6. The zero-order valence-electron chi connectivity index (χ0n) is 9.96. The van der Waals surface area contributed by atoms with Crippen LogP contribution in [0.25, 0.3) is 0 Å². The van der Waals surface area contributed by atoms with Gasteiger partial charge in [0.15, 0.2) is 0 Å². The van der Waals surface area contributed by atoms with Crippen LogP contribution >= 0.6 is 0 Å². The maximum atomic E-state index is 11.1. The van der Waals surface area contributed by atoms with E-state index in [1.54, 1.807) is 0 Å². The van der Waals surface area contributed by atoms with Crippen molar-refractivity contribution in [3.63, 3.8) is 0 Å². The van der Waals surface area contributed by atoms with E-state index in [0.29, 0.717) is 12.3 Å². The molecule has 0 rings (SSSR count). The summed E-state index contributed by atoms with van der Waals surface area (Å²) in [7, 11) is 0. The monoisotopic (exact) mass is 201 g/mol. The lowest BCUT2D eigenvalue weighted by atomic mass is 10.2. The van der Waals surface area contributed by atoms with E-state index >= 15 is 0 Å². The Kier molecular flexibility index (Phi) is 6.54. The topological polar surface area (TPSA) is 38.3 Å². The third kappa shape index (κ3) is 5.97. The SMILES string of the molecule is CCC(=O)NC(C)C(C)OCC(C)C. The quantitative estimate of drug-likeness (QED) is 0.713. The van der Waals surface area contributed by atoms with E-state index in [1.165, 1.54) is 0 Å². The fourth-order valence-corrected chi connectivity index (χ4v) is 0.962. The second kappa shape index (κ2) is 6.82. The summed E-state index contributed by atoms with van der Waals surface area (Å²) in [4.78, 5) is 11.1. The summed E-state index contributed by atoms with van der Waals surface area (Å²) in [5.74, 6) is 0.615. The second-order valence-corrected chi connectivity index (χ2v) is 4.14. The lowest BCUT2D eigenvalue weighted by molar-refractivity contribution is -0.122. The van der Waals surface area contributed by atoms with Crippen LogP contribution < -0.4 is 5.32 Å². The van der Waals surface area contributed by atoms with Crippen LogP contribution in [0.15, 0.2) is 0 Å². The Morgan fingerprint density at radius 3 is 2.29 bits per heavy atom. The van der Waals surface area contributed by atoms with Gasteiger partial charge in [-0.1, -0.05) is 20.8 Å². The van der Waals surface area contributed by atoms with Gasteiger partial charge in [-0.05, 0) is 19.8 Å². The van der Waals surface area contributed by atoms with Gasteiger partial charge in [0.1, 0.15) is 0 Å². The van der Waals surface area contributed by atoms with Gasteiger partial charge in [-0.3, -0.25) is 4.79 Å². The molecule has 1 N–H and O–H groups in total. The smallest absolute Gasteiger partial charge is 0.220 e. The zero-order valence-corrected chi connectivity index (χ0v) is 9.96. The largest absolute Gasteiger partial charge is 0.376 e. The van der Waals surface area contributed by atoms with Gasteiger partial charge in [-0.15, -0.1) is 0 Å². The molecule has 0 aromatic carbocycles. The molecule has 0 heterocycles. The fraction of sp³-hybridized carbons (Fsp3) is 0.909. The number of amides is 1. The second-order valence-electron chi connectivity index (χ2n) is 4.14. The van der Waals surface area contributed by atoms with Crippen molar-refractivity contribution in [3.05, 3.63) is 0 Å². The molecular formula is C11H23NO2. The van der Waals surface area contributed by atoms with E-state index in [4.69, 9.17) is 4.74 Å². The highest BCUT2D eigenvalue weighted by molar-refractivity contribution is 5.75. The number of carbonyl (C=O) groups is 1. The molecule has 0 radical (unpaired) electrons. The molecule has 0 aromatic rings. The lowest BCUT2D eigenvalue weighted by Gasteiger charge is -2.22. The van der Waals surface area contributed by atoms with E-state index in [0.717, 1.165) is 6.61 Å². The van der Waals surface area contributed by atoms with E-state index in [9.17, 15) is 4.79 Å². The Bertz CT molecular complexity index is 169. The summed E-state index contributed by atoms with van der Waals surface area (Å²) < 4.78 is 5.60. The first-order valence-corrected chi connectivity index (χ1v) is 5.38. The Labute approximate surface area is 87.2 Å². The molecule has 0 aliphatic rings. The minimum atomic E-state index is 0.0768. The minimum Gasteiger partial charge on any atom is -0.376 e. The van der Waals surface area contributed by atoms with Crippen LogP contribution in [0.4, 0.5) is 0 Å². The van der Waals surface area contributed by atoms with E-state index < -0.39 is 0 Å². The fourth-order valence-electron chi connectivity index (χ4n) is 0.962. The van der Waals surface area contributed by atoms with E-state index in [2.05, 4.69) is 19.2 Å². The zero-order chi connectivity index (χ0) is 11.1. The number of carbonyl (C=O) groups excluding carboxylic acids is 1. The van der Waals surface area contributed by atoms with Crippen LogP contribution in [-0.4, -0.2) is 24.7 Å². The van der Waals surface area contributed by atoms with E-state index in [1.807, 2.05) is 20.8 Å². The summed E-state index contributed by atoms with van der Waals surface area (Å²) in [5, 5.41) is 2.89. The Hall–Kier alpha value is -0.570. The van der Waals surface area contributed by atoms with Crippen LogP contribution in [-0.2, 0) is 9.53 Å². The molecule has 0 fully saturated rings. The Balaban J connectivity index is 3.75. The van der Waals surface area contributed by atoms with Crippen LogP contribution in [0, 0.1) is 5.92 Å². The molecule has 1 amide bonds. The Morgan fingerprint density at radius 2 is 1.86 bits per heavy atom. The summed E-state index contributed by atoms with van der Waals surface area (Å²) in [6.07, 6.45) is 0.606. The number of hydrogen-bond acceptors (Lipinski definition) is 2. The molecule has 0 saturated carbocycles. The van der Waals surface area contributed by atoms with Crippen molar-refractivity contribution in [2.75, 3.05) is 6.61 Å². The van der Waals surface area contributed by atoms with Crippen molar-refractivity contribution in [2.24, 2.45) is 5.92 Å². The van der Waals surface area contributed by atoms with Crippen molar-refractivity contribution in [2.45, 2.75) is 53.2 Å². The van der Waals surface area contributed by atoms with Crippen molar-refractivity contribution in [3.8, 4) is 0 Å². The van der Waals surface area contributed by atoms with Gasteiger partial charge in [-0.2, -0.15) is 0 Å². The van der Waals surface area contributed by atoms with Gasteiger partial charge in [0.05, 0.1) is 12.1 Å². The molecule has 14 heavy (non-hydrogen) atoms. The highest BCUT2D eigenvalue weighted by atomic mass is 16.5. The van der Waals surface area contributed by atoms with Gasteiger partial charge >= 0.3 is 0 Å². The van der Waals surface area contributed by atoms with Gasteiger partial charge < -0.3 is 10.1 Å². The summed E-state index contributed by atoms with van der Waals surface area (Å²) in [6.45, 7) is 10.8. The molecule has 2 atom stereocenters. The summed E-state index contributed by atoms with van der Waals surface area (Å²) >= 11 is 0. The van der Waals surface area contributed by atoms with Gasteiger partial charge in [0, 0.05) is 13.0 Å². The standard InChI is InChI=1S/C11H23NO2/c1-6-11(13)12-9(4)10(5)14-7-8(2)3/h8-10H,6-7H2,1-5H3,(H,12,13). The normalized spacial score (nSPS) is 15.3. The predicted octanol–water partition coefficient (Wildman–Crippen LogP) is 1.96. The molecule has 0 saturated heterocycles. The molecule has 84 valence electrons. The molecule has 3 heteroatoms. The van der Waals surface area contributed by atoms with Crippen LogP contribution in [0.5, 0.6) is 0 Å². The summed E-state index contributed by atoms with van der Waals surface area (Å²) in [5.41, 5.74) is 0. The van der Waals surface area contributed by atoms with Crippen molar-refractivity contribution >= 4 is 5.91 Å². The Morgan fingerprint density at radius 1 is 1.29 bits per heavy atom. The number of nitrogens with one attached hydrogen (secondary N) is 1. The first-order chi connectivity index (χ1) is 6.47. The maximum Gasteiger partial charge on any atom is 0.220 e. The third-order valence-electron chi connectivity index (χ3n) is 2.11. The van der Waals surface area contributed by atoms with Crippen molar-refractivity contribution in [1.29, 1.82) is 0 Å². The molecule has 0 aliphatic heterocycles. The van der Waals surface area contributed by atoms with Crippen molar-refractivity contribution in [1.82, 2.24) is 5.32 Å². The highest BCUT2D eigenvalue weighted by Crippen LogP contribution is 2.02. The maximum absolute atomic E-state index is 11.1. The molecule has 0 spiro atoms. The first kappa shape index (κ1) is 13.4. The van der Waals surface area contributed by atoms with E-state index in [-0.39, 0.29) is 18.1 Å². The lowest BCUT2D eigenvalue weighted by Crippen LogP contribution is -2.41. The van der Waals surface area contributed by atoms with Crippen LogP contribution in [0.1, 0.15) is 41.0 Å². The number of ether oxygens (including phenoxy) is 1. The molecular weight excluding hydrogens is 178 g/mol. The van der Waals surface area contributed by atoms with Crippen LogP contribution in [0.3, 0.4) is 0 Å². The van der Waals surface area contributed by atoms with Gasteiger partial charge in [0.25, 0.3) is 0 Å².